The van der Waals surface area contributed by atoms with Crippen LogP contribution in [0.2, 0.25) is 0 Å². The van der Waals surface area contributed by atoms with E-state index in [1.165, 1.54) is 33.8 Å². The number of aromatic nitrogens is 1. The third-order valence-corrected chi connectivity index (χ3v) is 4.31. The molecule has 0 saturated heterocycles. The van der Waals surface area contributed by atoms with Crippen molar-refractivity contribution in [2.24, 2.45) is 0 Å². The summed E-state index contributed by atoms with van der Waals surface area (Å²) in [6, 6.07) is 21.9. The van der Waals surface area contributed by atoms with Gasteiger partial charge < -0.3 is 4.57 Å². The van der Waals surface area contributed by atoms with E-state index in [9.17, 15) is 0 Å². The lowest BCUT2D eigenvalue weighted by molar-refractivity contribution is 0.865. The van der Waals surface area contributed by atoms with E-state index in [0.717, 1.165) is 0 Å². The van der Waals surface area contributed by atoms with Crippen molar-refractivity contribution in [1.82, 2.24) is 4.57 Å². The smallest absolute Gasteiger partial charge is 0.0533 e. The van der Waals surface area contributed by atoms with Gasteiger partial charge in [-0.2, -0.15) is 0 Å². The Labute approximate surface area is 133 Å². The molecule has 3 aromatic rings. The molecule has 0 aliphatic heterocycles. The van der Waals surface area contributed by atoms with E-state index in [0.29, 0.717) is 5.92 Å². The van der Waals surface area contributed by atoms with Crippen LogP contribution in [0, 0.1) is 13.8 Å². The zero-order valence-corrected chi connectivity index (χ0v) is 13.8. The van der Waals surface area contributed by atoms with E-state index in [2.05, 4.69) is 92.9 Å². The van der Waals surface area contributed by atoms with Gasteiger partial charge in [-0.05, 0) is 55.2 Å². The maximum atomic E-state index is 2.34. The maximum Gasteiger partial charge on any atom is 0.0533 e. The van der Waals surface area contributed by atoms with E-state index >= 15 is 0 Å². The van der Waals surface area contributed by atoms with E-state index in [-0.39, 0.29) is 0 Å². The summed E-state index contributed by atoms with van der Waals surface area (Å²) in [5.41, 5.74) is 7.73. The van der Waals surface area contributed by atoms with Crippen LogP contribution in [0.5, 0.6) is 0 Å². The summed E-state index contributed by atoms with van der Waals surface area (Å²) in [6.45, 7) is 8.80. The molecule has 0 saturated carbocycles. The van der Waals surface area contributed by atoms with Gasteiger partial charge in [0.2, 0.25) is 0 Å². The molecule has 22 heavy (non-hydrogen) atoms. The Morgan fingerprint density at radius 1 is 0.773 bits per heavy atom. The first-order valence-electron chi connectivity index (χ1n) is 7.92. The molecule has 2 aromatic carbocycles. The van der Waals surface area contributed by atoms with Crippen LogP contribution >= 0.6 is 0 Å². The Kier molecular flexibility index (Phi) is 3.89. The molecular weight excluding hydrogens is 266 g/mol. The molecule has 1 aromatic heterocycles. The second-order valence-electron chi connectivity index (χ2n) is 6.26. The largest absolute Gasteiger partial charge is 0.314 e. The van der Waals surface area contributed by atoms with Crippen LogP contribution in [0.25, 0.3) is 16.9 Å². The highest BCUT2D eigenvalue weighted by molar-refractivity contribution is 5.67. The Balaban J connectivity index is 2.12. The van der Waals surface area contributed by atoms with Crippen LogP contribution in [0.4, 0.5) is 0 Å². The highest BCUT2D eigenvalue weighted by Gasteiger charge is 2.11. The molecule has 0 aliphatic rings. The second kappa shape index (κ2) is 5.84. The van der Waals surface area contributed by atoms with Gasteiger partial charge in [-0.3, -0.25) is 0 Å². The topological polar surface area (TPSA) is 4.93 Å². The number of hydrogen-bond acceptors (Lipinski definition) is 0. The molecule has 0 fully saturated rings. The van der Waals surface area contributed by atoms with Crippen molar-refractivity contribution in [2.45, 2.75) is 33.6 Å². The summed E-state index contributed by atoms with van der Waals surface area (Å²) in [6.07, 6.45) is 0. The van der Waals surface area contributed by atoms with Gasteiger partial charge in [0.25, 0.3) is 0 Å². The van der Waals surface area contributed by atoms with Gasteiger partial charge in [0.15, 0.2) is 0 Å². The summed E-state index contributed by atoms with van der Waals surface area (Å²) in [7, 11) is 0. The first kappa shape index (κ1) is 14.6. The van der Waals surface area contributed by atoms with Gasteiger partial charge >= 0.3 is 0 Å². The van der Waals surface area contributed by atoms with Crippen LogP contribution in [0.15, 0.2) is 60.7 Å². The highest BCUT2D eigenvalue weighted by atomic mass is 15.0. The molecular formula is C21H23N. The standard InChI is InChI=1S/C21H23N/c1-15(2)18-10-12-19(13-11-18)22-17(4)9-14-21(22)20-8-6-5-7-16(20)3/h5-15H,1-4H3. The Morgan fingerprint density at radius 2 is 1.45 bits per heavy atom. The maximum absolute atomic E-state index is 2.34. The molecule has 3 rings (SSSR count). The average Bonchev–Trinajstić information content (AvgIpc) is 2.89. The third-order valence-electron chi connectivity index (χ3n) is 4.31. The number of aryl methyl sites for hydroxylation is 2. The quantitative estimate of drug-likeness (QED) is 0.567. The number of hydrogen-bond donors (Lipinski definition) is 0. The highest BCUT2D eigenvalue weighted by Crippen LogP contribution is 2.29. The molecule has 0 bridgehead atoms. The van der Waals surface area contributed by atoms with Gasteiger partial charge in [-0.1, -0.05) is 50.2 Å². The predicted octanol–water partition coefficient (Wildman–Crippen LogP) is 5.88. The lowest BCUT2D eigenvalue weighted by Gasteiger charge is -2.15. The molecule has 0 aliphatic carbocycles. The minimum atomic E-state index is 0.565. The SMILES string of the molecule is Cc1ccccc1-c1ccc(C)n1-c1ccc(C(C)C)cc1. The summed E-state index contributed by atoms with van der Waals surface area (Å²) >= 11 is 0. The van der Waals surface area contributed by atoms with Crippen molar-refractivity contribution in [3.63, 3.8) is 0 Å². The fourth-order valence-electron chi connectivity index (χ4n) is 2.96. The van der Waals surface area contributed by atoms with E-state index in [4.69, 9.17) is 0 Å². The average molecular weight is 289 g/mol. The fourth-order valence-corrected chi connectivity index (χ4v) is 2.96. The molecule has 1 heterocycles. The molecule has 112 valence electrons. The van der Waals surface area contributed by atoms with E-state index < -0.39 is 0 Å². The van der Waals surface area contributed by atoms with Crippen LogP contribution in [-0.4, -0.2) is 4.57 Å². The van der Waals surface area contributed by atoms with Crippen molar-refractivity contribution < 1.29 is 0 Å². The molecule has 1 heteroatoms. The van der Waals surface area contributed by atoms with Crippen molar-refractivity contribution in [2.75, 3.05) is 0 Å². The zero-order chi connectivity index (χ0) is 15.7. The van der Waals surface area contributed by atoms with Gasteiger partial charge in [0.1, 0.15) is 0 Å². The lowest BCUT2D eigenvalue weighted by atomic mass is 10.0. The first-order valence-corrected chi connectivity index (χ1v) is 7.92. The van der Waals surface area contributed by atoms with E-state index in [1.54, 1.807) is 0 Å². The zero-order valence-electron chi connectivity index (χ0n) is 13.8. The van der Waals surface area contributed by atoms with Gasteiger partial charge in [0, 0.05) is 16.9 Å². The Hall–Kier alpha value is -2.28. The van der Waals surface area contributed by atoms with Crippen LogP contribution in [0.3, 0.4) is 0 Å². The molecule has 0 spiro atoms. The Morgan fingerprint density at radius 3 is 2.09 bits per heavy atom. The van der Waals surface area contributed by atoms with Crippen molar-refractivity contribution in [3.8, 4) is 16.9 Å². The van der Waals surface area contributed by atoms with Gasteiger partial charge in [0.05, 0.1) is 5.69 Å². The number of nitrogens with zero attached hydrogens (tertiary/aromatic N) is 1. The summed E-state index contributed by atoms with van der Waals surface area (Å²) in [5, 5.41) is 0. The minimum absolute atomic E-state index is 0.565. The van der Waals surface area contributed by atoms with E-state index in [1.807, 2.05) is 0 Å². The van der Waals surface area contributed by atoms with Crippen LogP contribution in [0.1, 0.15) is 36.6 Å². The summed E-state index contributed by atoms with van der Waals surface area (Å²) in [4.78, 5) is 0. The normalized spacial score (nSPS) is 11.1. The minimum Gasteiger partial charge on any atom is -0.314 e. The van der Waals surface area contributed by atoms with Crippen LogP contribution in [-0.2, 0) is 0 Å². The molecule has 0 amide bonds. The lowest BCUT2D eigenvalue weighted by Crippen LogP contribution is -2.00. The molecule has 0 radical (unpaired) electrons. The van der Waals surface area contributed by atoms with Gasteiger partial charge in [-0.15, -0.1) is 0 Å². The molecule has 0 unspecified atom stereocenters. The predicted molar refractivity (Wildman–Crippen MR) is 94.8 cm³/mol. The molecule has 0 atom stereocenters. The molecule has 1 nitrogen and oxygen atoms in total. The van der Waals surface area contributed by atoms with Crippen molar-refractivity contribution >= 4 is 0 Å². The fraction of sp³-hybridized carbons (Fsp3) is 0.238. The van der Waals surface area contributed by atoms with Crippen molar-refractivity contribution in [1.29, 1.82) is 0 Å². The monoisotopic (exact) mass is 289 g/mol. The number of rotatable bonds is 3. The molecule has 0 N–H and O–H groups in total. The first-order chi connectivity index (χ1) is 10.6. The number of benzene rings is 2. The van der Waals surface area contributed by atoms with Gasteiger partial charge in [-0.25, -0.2) is 0 Å². The summed E-state index contributed by atoms with van der Waals surface area (Å²) in [5.74, 6) is 0.565. The van der Waals surface area contributed by atoms with Crippen molar-refractivity contribution in [3.05, 3.63) is 77.5 Å². The second-order valence-corrected chi connectivity index (χ2v) is 6.26. The Bertz CT molecular complexity index is 776. The third kappa shape index (κ3) is 2.59. The van der Waals surface area contributed by atoms with Crippen LogP contribution < -0.4 is 0 Å². The summed E-state index contributed by atoms with van der Waals surface area (Å²) < 4.78 is 2.34.